The van der Waals surface area contributed by atoms with Gasteiger partial charge in [0.15, 0.2) is 0 Å². The number of hydrogen-bond donors (Lipinski definition) is 0. The lowest BCUT2D eigenvalue weighted by molar-refractivity contribution is 0.292. The lowest BCUT2D eigenvalue weighted by Crippen LogP contribution is -2.37. The first-order chi connectivity index (χ1) is 14.4. The third-order valence-corrected chi connectivity index (χ3v) is 9.24. The van der Waals surface area contributed by atoms with Gasteiger partial charge in [-0.05, 0) is 84.4 Å². The zero-order chi connectivity index (χ0) is 21.3. The number of halogens is 1. The van der Waals surface area contributed by atoms with Gasteiger partial charge in [-0.2, -0.15) is 0 Å². The summed E-state index contributed by atoms with van der Waals surface area (Å²) in [4.78, 5) is 2.64. The summed E-state index contributed by atoms with van der Waals surface area (Å²) < 4.78 is 2.41. The predicted molar refractivity (Wildman–Crippen MR) is 135 cm³/mol. The Bertz CT molecular complexity index is 993. The van der Waals surface area contributed by atoms with E-state index in [0.717, 1.165) is 18.0 Å². The fraction of sp³-hybridized carbons (Fsp3) is 0.385. The second-order valence-corrected chi connectivity index (χ2v) is 13.7. The highest BCUT2D eigenvalue weighted by Crippen LogP contribution is 2.42. The van der Waals surface area contributed by atoms with Crippen molar-refractivity contribution in [2.45, 2.75) is 26.8 Å². The van der Waals surface area contributed by atoms with Crippen LogP contribution < -0.4 is 0 Å². The van der Waals surface area contributed by atoms with Crippen molar-refractivity contribution in [1.82, 2.24) is 9.47 Å². The van der Waals surface area contributed by atoms with Gasteiger partial charge < -0.3 is 4.57 Å². The average molecular weight is 441 g/mol. The second-order valence-electron chi connectivity index (χ2n) is 8.95. The van der Waals surface area contributed by atoms with Crippen LogP contribution in [0.4, 0.5) is 0 Å². The third-order valence-electron chi connectivity index (χ3n) is 6.41. The highest BCUT2D eigenvalue weighted by atomic mass is 35.5. The van der Waals surface area contributed by atoms with Crippen LogP contribution in [0.5, 0.6) is 0 Å². The highest BCUT2D eigenvalue weighted by molar-refractivity contribution is 8.32. The molecule has 1 saturated heterocycles. The van der Waals surface area contributed by atoms with Crippen LogP contribution in [-0.4, -0.2) is 46.6 Å². The van der Waals surface area contributed by atoms with Crippen molar-refractivity contribution in [3.8, 4) is 16.9 Å². The fourth-order valence-electron chi connectivity index (χ4n) is 4.23. The molecule has 0 amide bonds. The molecule has 160 valence electrons. The van der Waals surface area contributed by atoms with Crippen molar-refractivity contribution < 1.29 is 0 Å². The third kappa shape index (κ3) is 4.64. The molecule has 2 nitrogen and oxygen atoms in total. The molecule has 0 bridgehead atoms. The van der Waals surface area contributed by atoms with E-state index in [1.807, 2.05) is 12.1 Å². The molecule has 0 radical (unpaired) electrons. The number of aromatic nitrogens is 1. The van der Waals surface area contributed by atoms with Crippen molar-refractivity contribution >= 4 is 21.6 Å². The van der Waals surface area contributed by atoms with E-state index in [-0.39, 0.29) is 10.0 Å². The minimum Gasteiger partial charge on any atom is -0.314 e. The summed E-state index contributed by atoms with van der Waals surface area (Å²) in [5.74, 6) is 2.71. The summed E-state index contributed by atoms with van der Waals surface area (Å²) >= 11 is 6.17. The van der Waals surface area contributed by atoms with Crippen LogP contribution in [0.2, 0.25) is 5.02 Å². The van der Waals surface area contributed by atoms with E-state index in [1.54, 1.807) is 0 Å². The summed E-state index contributed by atoms with van der Waals surface area (Å²) in [6.07, 6.45) is 6.02. The van der Waals surface area contributed by atoms with Gasteiger partial charge >= 0.3 is 0 Å². The Morgan fingerprint density at radius 3 is 2.17 bits per heavy atom. The molecule has 4 heteroatoms. The van der Waals surface area contributed by atoms with Gasteiger partial charge in [-0.1, -0.05) is 42.8 Å². The maximum Gasteiger partial charge on any atom is 0.0534 e. The van der Waals surface area contributed by atoms with Gasteiger partial charge in [-0.15, -0.1) is 0 Å². The van der Waals surface area contributed by atoms with Gasteiger partial charge in [0.25, 0.3) is 0 Å². The maximum absolute atomic E-state index is 6.17. The number of rotatable bonds is 5. The monoisotopic (exact) mass is 440 g/mol. The lowest BCUT2D eigenvalue weighted by atomic mass is 10.1. The van der Waals surface area contributed by atoms with Gasteiger partial charge in [-0.25, -0.2) is 10.0 Å². The van der Waals surface area contributed by atoms with Crippen LogP contribution >= 0.6 is 21.6 Å². The zero-order valence-electron chi connectivity index (χ0n) is 18.6. The lowest BCUT2D eigenvalue weighted by Gasteiger charge is -2.41. The van der Waals surface area contributed by atoms with Crippen LogP contribution in [0.1, 0.15) is 23.7 Å². The number of hydrogen-bond acceptors (Lipinski definition) is 1. The second kappa shape index (κ2) is 8.82. The minimum atomic E-state index is -0.377. The molecular weight excluding hydrogens is 408 g/mol. The first kappa shape index (κ1) is 21.5. The Balaban J connectivity index is 1.72. The largest absolute Gasteiger partial charge is 0.314 e. The SMILES string of the molecule is CCc1ccc(-n2c(-c3ccc(Cl)cc3)cc(CN3CCS(C)(C)CC3)c2C)cc1. The molecule has 0 N–H and O–H groups in total. The average Bonchev–Trinajstić information content (AvgIpc) is 3.06. The molecule has 2 heterocycles. The molecule has 30 heavy (non-hydrogen) atoms. The summed E-state index contributed by atoms with van der Waals surface area (Å²) in [5.41, 5.74) is 7.81. The molecule has 3 aromatic rings. The number of benzene rings is 2. The Kier molecular flexibility index (Phi) is 6.34. The van der Waals surface area contributed by atoms with E-state index < -0.39 is 0 Å². The molecule has 1 aliphatic rings. The molecule has 0 atom stereocenters. The van der Waals surface area contributed by atoms with Crippen LogP contribution in [-0.2, 0) is 13.0 Å². The van der Waals surface area contributed by atoms with Crippen molar-refractivity contribution in [2.75, 3.05) is 37.1 Å². The topological polar surface area (TPSA) is 8.17 Å². The summed E-state index contributed by atoms with van der Waals surface area (Å²) in [7, 11) is -0.377. The normalized spacial score (nSPS) is 17.8. The quantitative estimate of drug-likeness (QED) is 0.436. The van der Waals surface area contributed by atoms with E-state index in [9.17, 15) is 0 Å². The van der Waals surface area contributed by atoms with E-state index in [4.69, 9.17) is 11.6 Å². The van der Waals surface area contributed by atoms with Gasteiger partial charge in [0, 0.05) is 36.0 Å². The van der Waals surface area contributed by atoms with Crippen LogP contribution in [0.3, 0.4) is 0 Å². The Hall–Kier alpha value is -1.68. The standard InChI is InChI=1S/C26H33ClN2S/c1-5-21-6-12-25(13-7-21)29-20(2)23(19-28-14-16-30(3,4)17-15-28)18-26(29)22-8-10-24(27)11-9-22/h6-13,18H,5,14-17,19H2,1-4H3. The summed E-state index contributed by atoms with van der Waals surface area (Å²) in [6.45, 7) is 7.93. The van der Waals surface area contributed by atoms with Crippen LogP contribution in [0, 0.1) is 6.92 Å². The minimum absolute atomic E-state index is 0.377. The molecule has 1 fully saturated rings. The molecule has 0 aliphatic carbocycles. The van der Waals surface area contributed by atoms with E-state index in [1.165, 1.54) is 58.4 Å². The molecule has 1 aliphatic heterocycles. The van der Waals surface area contributed by atoms with E-state index >= 15 is 0 Å². The van der Waals surface area contributed by atoms with Gasteiger partial charge in [0.1, 0.15) is 0 Å². The predicted octanol–water partition coefficient (Wildman–Crippen LogP) is 6.55. The molecule has 0 spiro atoms. The molecule has 4 rings (SSSR count). The Morgan fingerprint density at radius 2 is 1.57 bits per heavy atom. The molecule has 0 unspecified atom stereocenters. The molecule has 2 aromatic carbocycles. The van der Waals surface area contributed by atoms with Crippen molar-refractivity contribution in [3.05, 3.63) is 76.4 Å². The van der Waals surface area contributed by atoms with Crippen LogP contribution in [0.15, 0.2) is 54.6 Å². The maximum atomic E-state index is 6.17. The Morgan fingerprint density at radius 1 is 0.933 bits per heavy atom. The Labute approximate surface area is 188 Å². The van der Waals surface area contributed by atoms with Crippen LogP contribution in [0.25, 0.3) is 16.9 Å². The van der Waals surface area contributed by atoms with Crippen molar-refractivity contribution in [3.63, 3.8) is 0 Å². The summed E-state index contributed by atoms with van der Waals surface area (Å²) in [6, 6.07) is 19.6. The number of aryl methyl sites for hydroxylation is 1. The fourth-order valence-corrected chi connectivity index (χ4v) is 6.07. The van der Waals surface area contributed by atoms with Crippen molar-refractivity contribution in [1.29, 1.82) is 0 Å². The van der Waals surface area contributed by atoms with Gasteiger partial charge in [0.05, 0.1) is 5.69 Å². The summed E-state index contributed by atoms with van der Waals surface area (Å²) in [5, 5.41) is 0.777. The van der Waals surface area contributed by atoms with E-state index in [0.29, 0.717) is 0 Å². The van der Waals surface area contributed by atoms with Crippen molar-refractivity contribution in [2.24, 2.45) is 0 Å². The van der Waals surface area contributed by atoms with E-state index in [2.05, 4.69) is 78.3 Å². The molecule has 1 aromatic heterocycles. The highest BCUT2D eigenvalue weighted by Gasteiger charge is 2.23. The first-order valence-electron chi connectivity index (χ1n) is 10.8. The zero-order valence-corrected chi connectivity index (χ0v) is 20.2. The molecule has 0 saturated carbocycles. The number of nitrogens with zero attached hydrogens (tertiary/aromatic N) is 2. The smallest absolute Gasteiger partial charge is 0.0534 e. The van der Waals surface area contributed by atoms with Gasteiger partial charge in [0.2, 0.25) is 0 Å². The van der Waals surface area contributed by atoms with Gasteiger partial charge in [-0.3, -0.25) is 4.90 Å². The molecular formula is C26H33ClN2S. The first-order valence-corrected chi connectivity index (χ1v) is 14.0.